The maximum Gasteiger partial charge on any atom is 0.228 e. The van der Waals surface area contributed by atoms with E-state index in [4.69, 9.17) is 0 Å². The van der Waals surface area contributed by atoms with Gasteiger partial charge in [0.1, 0.15) is 0 Å². The van der Waals surface area contributed by atoms with E-state index in [9.17, 15) is 4.79 Å². The summed E-state index contributed by atoms with van der Waals surface area (Å²) in [7, 11) is 0. The number of fused-ring (bicyclic) bond motifs is 1. The number of halogens is 1. The van der Waals surface area contributed by atoms with Crippen LogP contribution >= 0.6 is 15.9 Å². The summed E-state index contributed by atoms with van der Waals surface area (Å²) in [6, 6.07) is 7.98. The predicted molar refractivity (Wildman–Crippen MR) is 76.2 cm³/mol. The van der Waals surface area contributed by atoms with E-state index >= 15 is 0 Å². The van der Waals surface area contributed by atoms with E-state index < -0.39 is 0 Å². The number of nitrogens with zero attached hydrogens (tertiary/aromatic N) is 2. The van der Waals surface area contributed by atoms with Gasteiger partial charge in [0.2, 0.25) is 5.91 Å². The molecule has 2 heterocycles. The van der Waals surface area contributed by atoms with Gasteiger partial charge in [-0.05, 0) is 30.7 Å². The average Bonchev–Trinajstić information content (AvgIpc) is 2.69. The molecule has 0 spiro atoms. The first-order valence-corrected chi connectivity index (χ1v) is 6.87. The van der Waals surface area contributed by atoms with E-state index in [0.717, 1.165) is 28.7 Å². The largest absolute Gasteiger partial charge is 0.311 e. The minimum absolute atomic E-state index is 0.172. The summed E-state index contributed by atoms with van der Waals surface area (Å²) >= 11 is 3.52. The molecule has 3 nitrogen and oxygen atoms in total. The van der Waals surface area contributed by atoms with Crippen LogP contribution in [0.3, 0.4) is 0 Å². The van der Waals surface area contributed by atoms with Crippen LogP contribution in [0, 0.1) is 6.92 Å². The number of carbonyl (C=O) groups excluding carboxylic acids is 1. The second-order valence-electron chi connectivity index (χ2n) is 4.61. The fourth-order valence-corrected chi connectivity index (χ4v) is 3.00. The molecule has 92 valence electrons. The van der Waals surface area contributed by atoms with Crippen molar-refractivity contribution >= 4 is 38.4 Å². The van der Waals surface area contributed by atoms with Gasteiger partial charge in [0.25, 0.3) is 0 Å². The van der Waals surface area contributed by atoms with Gasteiger partial charge in [0.15, 0.2) is 0 Å². The van der Waals surface area contributed by atoms with Crippen LogP contribution in [0.5, 0.6) is 0 Å². The molecule has 1 unspecified atom stereocenters. The molecule has 1 aliphatic heterocycles. The molecule has 2 aromatic rings. The van der Waals surface area contributed by atoms with Gasteiger partial charge < -0.3 is 4.90 Å². The number of anilines is 1. The number of amides is 1. The Labute approximate surface area is 114 Å². The van der Waals surface area contributed by atoms with Crippen LogP contribution in [0.15, 0.2) is 30.5 Å². The third kappa shape index (κ3) is 1.81. The van der Waals surface area contributed by atoms with E-state index in [0.29, 0.717) is 6.42 Å². The van der Waals surface area contributed by atoms with Crippen LogP contribution in [0.4, 0.5) is 5.69 Å². The molecule has 0 aliphatic carbocycles. The number of benzene rings is 1. The quantitative estimate of drug-likeness (QED) is 0.759. The lowest BCUT2D eigenvalue weighted by Gasteiger charge is -2.18. The van der Waals surface area contributed by atoms with Crippen LogP contribution < -0.4 is 4.90 Å². The average molecular weight is 305 g/mol. The zero-order valence-electron chi connectivity index (χ0n) is 10.1. The molecule has 18 heavy (non-hydrogen) atoms. The van der Waals surface area contributed by atoms with Gasteiger partial charge >= 0.3 is 0 Å². The number of carbonyl (C=O) groups is 1. The molecule has 1 fully saturated rings. The fourth-order valence-electron chi connectivity index (χ4n) is 2.43. The standard InChI is InChI=1S/C14H13BrN2O/c1-9-4-5-12(11-3-2-6-16-14(9)11)17-8-10(15)7-13(17)18/h2-6,10H,7-8H2,1H3. The van der Waals surface area contributed by atoms with E-state index in [1.165, 1.54) is 0 Å². The van der Waals surface area contributed by atoms with Crippen molar-refractivity contribution in [1.82, 2.24) is 4.98 Å². The number of hydrogen-bond acceptors (Lipinski definition) is 2. The minimum Gasteiger partial charge on any atom is -0.311 e. The van der Waals surface area contributed by atoms with Crippen molar-refractivity contribution in [2.45, 2.75) is 18.2 Å². The Morgan fingerprint density at radius 2 is 2.22 bits per heavy atom. The van der Waals surface area contributed by atoms with Crippen molar-refractivity contribution in [3.8, 4) is 0 Å². The Balaban J connectivity index is 2.18. The van der Waals surface area contributed by atoms with Crippen molar-refractivity contribution in [3.05, 3.63) is 36.0 Å². The summed E-state index contributed by atoms with van der Waals surface area (Å²) in [4.78, 5) is 18.5. The fraction of sp³-hybridized carbons (Fsp3) is 0.286. The Morgan fingerprint density at radius 1 is 1.39 bits per heavy atom. The van der Waals surface area contributed by atoms with Crippen molar-refractivity contribution in [2.24, 2.45) is 0 Å². The normalized spacial score (nSPS) is 19.8. The van der Waals surface area contributed by atoms with Crippen molar-refractivity contribution in [1.29, 1.82) is 0 Å². The molecule has 0 bridgehead atoms. The van der Waals surface area contributed by atoms with Crippen molar-refractivity contribution < 1.29 is 4.79 Å². The minimum atomic E-state index is 0.172. The number of aromatic nitrogens is 1. The smallest absolute Gasteiger partial charge is 0.228 e. The van der Waals surface area contributed by atoms with E-state index in [1.54, 1.807) is 6.20 Å². The van der Waals surface area contributed by atoms with E-state index in [2.05, 4.69) is 20.9 Å². The maximum absolute atomic E-state index is 12.0. The van der Waals surface area contributed by atoms with Gasteiger partial charge in [0.05, 0.1) is 11.2 Å². The molecule has 1 aromatic carbocycles. The van der Waals surface area contributed by atoms with Gasteiger partial charge in [-0.25, -0.2) is 0 Å². The summed E-state index contributed by atoms with van der Waals surface area (Å²) in [5, 5.41) is 1.05. The first kappa shape index (κ1) is 11.7. The summed E-state index contributed by atoms with van der Waals surface area (Å²) in [6.45, 7) is 2.77. The highest BCUT2D eigenvalue weighted by Gasteiger charge is 2.29. The summed E-state index contributed by atoms with van der Waals surface area (Å²) in [6.07, 6.45) is 2.35. The molecule has 0 saturated carbocycles. The van der Waals surface area contributed by atoms with E-state index in [1.807, 2.05) is 36.1 Å². The van der Waals surface area contributed by atoms with E-state index in [-0.39, 0.29) is 10.7 Å². The molecule has 0 radical (unpaired) electrons. The Morgan fingerprint density at radius 3 is 2.94 bits per heavy atom. The highest BCUT2D eigenvalue weighted by atomic mass is 79.9. The van der Waals surface area contributed by atoms with Crippen molar-refractivity contribution in [3.63, 3.8) is 0 Å². The number of hydrogen-bond donors (Lipinski definition) is 0. The van der Waals surface area contributed by atoms with Crippen LogP contribution in [0.25, 0.3) is 10.9 Å². The molecule has 1 aliphatic rings. The molecule has 1 amide bonds. The number of alkyl halides is 1. The first-order chi connectivity index (χ1) is 8.66. The third-order valence-corrected chi connectivity index (χ3v) is 3.93. The van der Waals surface area contributed by atoms with Gasteiger partial charge in [-0.2, -0.15) is 0 Å². The topological polar surface area (TPSA) is 33.2 Å². The molecular formula is C14H13BrN2O. The zero-order chi connectivity index (χ0) is 12.7. The molecule has 1 atom stereocenters. The Kier molecular flexibility index (Phi) is 2.82. The van der Waals surface area contributed by atoms with Gasteiger partial charge in [-0.1, -0.05) is 22.0 Å². The summed E-state index contributed by atoms with van der Waals surface area (Å²) in [5.41, 5.74) is 3.08. The second-order valence-corrected chi connectivity index (χ2v) is 5.90. The SMILES string of the molecule is Cc1ccc(N2CC(Br)CC2=O)c2cccnc12. The zero-order valence-corrected chi connectivity index (χ0v) is 11.6. The van der Waals surface area contributed by atoms with Crippen LogP contribution in [0.1, 0.15) is 12.0 Å². The van der Waals surface area contributed by atoms with Gasteiger partial charge in [-0.3, -0.25) is 9.78 Å². The lowest BCUT2D eigenvalue weighted by atomic mass is 10.1. The second kappa shape index (κ2) is 4.35. The van der Waals surface area contributed by atoms with Crippen molar-refractivity contribution in [2.75, 3.05) is 11.4 Å². The van der Waals surface area contributed by atoms with Crippen LogP contribution in [0.2, 0.25) is 0 Å². The molecule has 1 saturated heterocycles. The maximum atomic E-state index is 12.0. The molecule has 1 aromatic heterocycles. The van der Waals surface area contributed by atoms with Gasteiger partial charge in [0, 0.05) is 29.4 Å². The summed E-state index contributed by atoms with van der Waals surface area (Å²) < 4.78 is 0. The lowest BCUT2D eigenvalue weighted by Crippen LogP contribution is -2.24. The third-order valence-electron chi connectivity index (χ3n) is 3.32. The number of pyridine rings is 1. The molecule has 3 rings (SSSR count). The Bertz CT molecular complexity index is 626. The number of aryl methyl sites for hydroxylation is 1. The highest BCUT2D eigenvalue weighted by Crippen LogP contribution is 2.32. The lowest BCUT2D eigenvalue weighted by molar-refractivity contribution is -0.117. The van der Waals surface area contributed by atoms with Crippen LogP contribution in [-0.4, -0.2) is 22.3 Å². The highest BCUT2D eigenvalue weighted by molar-refractivity contribution is 9.09. The molecular weight excluding hydrogens is 292 g/mol. The first-order valence-electron chi connectivity index (χ1n) is 5.95. The summed E-state index contributed by atoms with van der Waals surface area (Å²) in [5.74, 6) is 0.172. The number of rotatable bonds is 1. The van der Waals surface area contributed by atoms with Gasteiger partial charge in [-0.15, -0.1) is 0 Å². The monoisotopic (exact) mass is 304 g/mol. The Hall–Kier alpha value is -1.42. The predicted octanol–water partition coefficient (Wildman–Crippen LogP) is 3.04. The van der Waals surface area contributed by atoms with Crippen LogP contribution in [-0.2, 0) is 4.79 Å². The molecule has 4 heteroatoms. The molecule has 0 N–H and O–H groups in total.